The molecule has 0 saturated heterocycles. The Morgan fingerprint density at radius 3 is 2.64 bits per heavy atom. The number of aromatic amines is 1. The lowest BCUT2D eigenvalue weighted by Gasteiger charge is -2.24. The summed E-state index contributed by atoms with van der Waals surface area (Å²) in [5.74, 6) is 0.851. The van der Waals surface area contributed by atoms with E-state index in [1.807, 2.05) is 18.2 Å². The number of carbonyl (C=O) groups excluding carboxylic acids is 1. The van der Waals surface area contributed by atoms with Gasteiger partial charge in [0, 0.05) is 23.9 Å². The quantitative estimate of drug-likeness (QED) is 0.241. The molecule has 1 atom stereocenters. The van der Waals surface area contributed by atoms with Gasteiger partial charge in [0.05, 0.1) is 29.1 Å². The molecule has 2 aromatic heterocycles. The van der Waals surface area contributed by atoms with E-state index in [0.29, 0.717) is 48.0 Å². The van der Waals surface area contributed by atoms with E-state index in [1.165, 1.54) is 12.3 Å². The Labute approximate surface area is 228 Å². The number of imidazole rings is 1. The Balaban J connectivity index is 0.00000353. The summed E-state index contributed by atoms with van der Waals surface area (Å²) in [5, 5.41) is 11.4. The van der Waals surface area contributed by atoms with Gasteiger partial charge in [-0.15, -0.1) is 0 Å². The number of fused-ring (bicyclic) bond motifs is 1. The van der Waals surface area contributed by atoms with Crippen molar-refractivity contribution in [2.45, 2.75) is 39.5 Å². The zero-order chi connectivity index (χ0) is 26.9. The summed E-state index contributed by atoms with van der Waals surface area (Å²) >= 11 is 5.68. The molecule has 0 saturated carbocycles. The summed E-state index contributed by atoms with van der Waals surface area (Å²) in [6, 6.07) is 12.4. The second kappa shape index (κ2) is 11.5. The predicted molar refractivity (Wildman–Crippen MR) is 142 cm³/mol. The van der Waals surface area contributed by atoms with E-state index in [0.717, 1.165) is 23.3 Å². The highest BCUT2D eigenvalue weighted by molar-refractivity contribution is 6.31. The van der Waals surface area contributed by atoms with Crippen molar-refractivity contribution in [3.63, 3.8) is 0 Å². The van der Waals surface area contributed by atoms with Crippen molar-refractivity contribution in [1.29, 1.82) is 0 Å². The first-order chi connectivity index (χ1) is 18.2. The molecule has 0 radical (unpaired) electrons. The summed E-state index contributed by atoms with van der Waals surface area (Å²) in [6.45, 7) is -0.161. The number of aliphatic hydroxyl groups is 1. The average molecular weight is 559 g/mol. The topological polar surface area (TPSA) is 100 Å². The zero-order valence-corrected chi connectivity index (χ0v) is 20.6. The molecule has 1 amide bonds. The first kappa shape index (κ1) is 28.1. The Bertz CT molecular complexity index is 1490. The fraction of sp³-hybridized carbons (Fsp3) is 0.250. The van der Waals surface area contributed by atoms with Crippen molar-refractivity contribution < 1.29 is 27.8 Å². The molecule has 204 valence electrons. The van der Waals surface area contributed by atoms with Gasteiger partial charge < -0.3 is 20.1 Å². The third-order valence-corrected chi connectivity index (χ3v) is 6.65. The van der Waals surface area contributed by atoms with E-state index in [4.69, 9.17) is 16.3 Å². The lowest BCUT2D eigenvalue weighted by Crippen LogP contribution is -2.28. The number of benzene rings is 2. The number of aliphatic hydroxyl groups excluding tert-OH is 1. The van der Waals surface area contributed by atoms with E-state index in [9.17, 15) is 23.1 Å². The number of carbonyl (C=O) groups is 1. The Morgan fingerprint density at radius 2 is 1.90 bits per heavy atom. The lowest BCUT2D eigenvalue weighted by atomic mass is 9.83. The van der Waals surface area contributed by atoms with Gasteiger partial charge in [0.15, 0.2) is 5.82 Å². The first-order valence-electron chi connectivity index (χ1n) is 11.8. The fourth-order valence-corrected chi connectivity index (χ4v) is 4.62. The van der Waals surface area contributed by atoms with Gasteiger partial charge in [-0.2, -0.15) is 13.2 Å². The number of rotatable bonds is 6. The number of nitrogens with one attached hydrogen (secondary N) is 2. The first-order valence-corrected chi connectivity index (χ1v) is 12.2. The number of alkyl halides is 3. The molecular weight excluding hydrogens is 533 g/mol. The number of H-pyrrole nitrogens is 1. The van der Waals surface area contributed by atoms with E-state index in [-0.39, 0.29) is 25.6 Å². The predicted octanol–water partition coefficient (Wildman–Crippen LogP) is 6.81. The molecule has 1 unspecified atom stereocenters. The van der Waals surface area contributed by atoms with Crippen molar-refractivity contribution in [3.8, 4) is 23.0 Å². The number of aromatic nitrogens is 3. The van der Waals surface area contributed by atoms with Gasteiger partial charge in [-0.05, 0) is 66.8 Å². The number of hydrogen-bond acceptors (Lipinski definition) is 5. The molecule has 7 nitrogen and oxygen atoms in total. The van der Waals surface area contributed by atoms with Crippen LogP contribution in [0.2, 0.25) is 5.02 Å². The van der Waals surface area contributed by atoms with E-state index in [2.05, 4.69) is 20.3 Å². The third kappa shape index (κ3) is 6.40. The highest BCUT2D eigenvalue weighted by Gasteiger charge is 2.34. The van der Waals surface area contributed by atoms with Crippen LogP contribution in [0.15, 0.2) is 60.9 Å². The summed E-state index contributed by atoms with van der Waals surface area (Å²) in [7, 11) is 0. The SMILES string of the molecule is C.O=C(Nc1ccc(Cl)c(C(F)(F)F)c1)C1CCc2ccc(Oc3ccnc(-c4ncc(CO)[nH]4)c3)cc2C1. The van der Waals surface area contributed by atoms with Gasteiger partial charge in [-0.3, -0.25) is 9.78 Å². The number of amides is 1. The highest BCUT2D eigenvalue weighted by Crippen LogP contribution is 2.37. The maximum absolute atomic E-state index is 13.2. The van der Waals surface area contributed by atoms with Crippen LogP contribution in [0, 0.1) is 5.92 Å². The van der Waals surface area contributed by atoms with Crippen LogP contribution in [-0.2, 0) is 30.4 Å². The molecular formula is C28H26ClF3N4O3. The van der Waals surface area contributed by atoms with Gasteiger partial charge in [0.2, 0.25) is 5.91 Å². The van der Waals surface area contributed by atoms with Crippen LogP contribution in [0.4, 0.5) is 18.9 Å². The minimum atomic E-state index is -4.62. The molecule has 1 aliphatic carbocycles. The summed E-state index contributed by atoms with van der Waals surface area (Å²) < 4.78 is 45.6. The zero-order valence-electron chi connectivity index (χ0n) is 19.8. The minimum Gasteiger partial charge on any atom is -0.457 e. The standard InChI is InChI=1S/C27H22ClF3N4O3.CH4/c28-23-6-4-18(11-22(23)27(29,30)31)35-26(37)16-2-1-15-3-5-20(10-17(15)9-16)38-21-7-8-32-24(12-21)25-33-13-19(14-36)34-25;/h3-8,10-13,16,36H,1-2,9,14H2,(H,33,34)(H,35,37);1H4. The number of halogens is 4. The molecule has 2 aromatic carbocycles. The molecule has 1 aliphatic rings. The Kier molecular flexibility index (Phi) is 8.27. The lowest BCUT2D eigenvalue weighted by molar-refractivity contribution is -0.137. The van der Waals surface area contributed by atoms with E-state index in [1.54, 1.807) is 18.3 Å². The van der Waals surface area contributed by atoms with Gasteiger partial charge in [0.25, 0.3) is 0 Å². The van der Waals surface area contributed by atoms with Crippen LogP contribution in [0.25, 0.3) is 11.5 Å². The maximum Gasteiger partial charge on any atom is 0.417 e. The van der Waals surface area contributed by atoms with Crippen LogP contribution in [0.3, 0.4) is 0 Å². The van der Waals surface area contributed by atoms with Crippen molar-refractivity contribution in [3.05, 3.63) is 88.3 Å². The largest absolute Gasteiger partial charge is 0.457 e. The number of nitrogens with zero attached hydrogens (tertiary/aromatic N) is 2. The number of hydrogen-bond donors (Lipinski definition) is 3. The molecule has 0 fully saturated rings. The summed E-state index contributed by atoms with van der Waals surface area (Å²) in [4.78, 5) is 24.4. The Morgan fingerprint density at radius 1 is 1.10 bits per heavy atom. The van der Waals surface area contributed by atoms with Crippen molar-refractivity contribution in [1.82, 2.24) is 15.0 Å². The van der Waals surface area contributed by atoms with Gasteiger partial charge in [0.1, 0.15) is 17.2 Å². The molecule has 3 N–H and O–H groups in total. The second-order valence-corrected chi connectivity index (χ2v) is 9.35. The van der Waals surface area contributed by atoms with E-state index >= 15 is 0 Å². The third-order valence-electron chi connectivity index (χ3n) is 6.32. The van der Waals surface area contributed by atoms with Gasteiger partial charge in [-0.25, -0.2) is 4.98 Å². The molecule has 0 spiro atoms. The number of aryl methyl sites for hydroxylation is 1. The molecule has 11 heteroatoms. The van der Waals surface area contributed by atoms with Crippen LogP contribution in [-0.4, -0.2) is 26.0 Å². The van der Waals surface area contributed by atoms with Gasteiger partial charge in [-0.1, -0.05) is 25.1 Å². The van der Waals surface area contributed by atoms with Crippen LogP contribution in [0.5, 0.6) is 11.5 Å². The molecule has 0 bridgehead atoms. The second-order valence-electron chi connectivity index (χ2n) is 8.95. The van der Waals surface area contributed by atoms with Crippen LogP contribution in [0.1, 0.15) is 36.2 Å². The van der Waals surface area contributed by atoms with Crippen LogP contribution >= 0.6 is 11.6 Å². The summed E-state index contributed by atoms with van der Waals surface area (Å²) in [6.07, 6.45) is 0.164. The smallest absolute Gasteiger partial charge is 0.417 e. The molecule has 39 heavy (non-hydrogen) atoms. The summed E-state index contributed by atoms with van der Waals surface area (Å²) in [5.41, 5.74) is 2.20. The minimum absolute atomic E-state index is 0. The van der Waals surface area contributed by atoms with Crippen molar-refractivity contribution >= 4 is 23.2 Å². The highest BCUT2D eigenvalue weighted by atomic mass is 35.5. The van der Waals surface area contributed by atoms with Crippen molar-refractivity contribution in [2.75, 3.05) is 5.32 Å². The molecule has 0 aliphatic heterocycles. The van der Waals surface area contributed by atoms with E-state index < -0.39 is 22.7 Å². The molecule has 2 heterocycles. The van der Waals surface area contributed by atoms with Gasteiger partial charge >= 0.3 is 6.18 Å². The number of anilines is 1. The number of pyridine rings is 1. The fourth-order valence-electron chi connectivity index (χ4n) is 4.40. The number of ether oxygens (including phenoxy) is 1. The molecule has 5 rings (SSSR count). The molecule has 4 aromatic rings. The maximum atomic E-state index is 13.2. The monoisotopic (exact) mass is 558 g/mol. The normalized spacial score (nSPS) is 14.7. The van der Waals surface area contributed by atoms with Crippen molar-refractivity contribution in [2.24, 2.45) is 5.92 Å². The average Bonchev–Trinajstić information content (AvgIpc) is 3.38. The Hall–Kier alpha value is -3.89. The van der Waals surface area contributed by atoms with Crippen LogP contribution < -0.4 is 10.1 Å².